The molecular weight excluding hydrogens is 118 g/mol. The van der Waals surface area contributed by atoms with Crippen LogP contribution in [0.25, 0.3) is 0 Å². The summed E-state index contributed by atoms with van der Waals surface area (Å²) in [7, 11) is 0. The van der Waals surface area contributed by atoms with Gasteiger partial charge in [0.25, 0.3) is 0 Å². The fourth-order valence-corrected chi connectivity index (χ4v) is 0.460. The van der Waals surface area contributed by atoms with Crippen molar-refractivity contribution in [1.29, 1.82) is 5.26 Å². The largest absolute Gasteiger partial charge is 0.428 e. The van der Waals surface area contributed by atoms with Gasteiger partial charge in [0.1, 0.15) is 5.76 Å². The molecule has 4 heteroatoms. The molecule has 0 radical (unpaired) electrons. The standard InChI is InChI=1S/C5H5N3O/c1-4-2-7-5(9-4)8-3-6/h2H,1H3,(H,7,8). The van der Waals surface area contributed by atoms with Gasteiger partial charge in [0.05, 0.1) is 6.20 Å². The molecule has 0 bridgehead atoms. The van der Waals surface area contributed by atoms with Gasteiger partial charge in [-0.1, -0.05) is 0 Å². The molecule has 0 unspecified atom stereocenters. The molecule has 1 heterocycles. The molecule has 9 heavy (non-hydrogen) atoms. The maximum absolute atomic E-state index is 8.07. The molecule has 0 aliphatic rings. The Bertz CT molecular complexity index is 235. The van der Waals surface area contributed by atoms with E-state index in [0.29, 0.717) is 5.76 Å². The summed E-state index contributed by atoms with van der Waals surface area (Å²) in [5, 5.41) is 10.3. The fraction of sp³-hybridized carbons (Fsp3) is 0.200. The third-order valence-electron chi connectivity index (χ3n) is 0.784. The first-order chi connectivity index (χ1) is 4.33. The summed E-state index contributed by atoms with van der Waals surface area (Å²) in [6.07, 6.45) is 3.23. The number of oxazole rings is 1. The van der Waals surface area contributed by atoms with Crippen LogP contribution in [0, 0.1) is 18.4 Å². The molecule has 0 fully saturated rings. The molecule has 1 N–H and O–H groups in total. The third kappa shape index (κ3) is 1.19. The van der Waals surface area contributed by atoms with Crippen molar-refractivity contribution >= 4 is 6.01 Å². The Labute approximate surface area is 52.1 Å². The Hall–Kier alpha value is -1.50. The van der Waals surface area contributed by atoms with Crippen molar-refractivity contribution in [3.63, 3.8) is 0 Å². The number of hydrogen-bond donors (Lipinski definition) is 1. The lowest BCUT2D eigenvalue weighted by atomic mass is 10.6. The van der Waals surface area contributed by atoms with Gasteiger partial charge in [-0.15, -0.1) is 0 Å². The van der Waals surface area contributed by atoms with Gasteiger partial charge in [0.15, 0.2) is 6.19 Å². The molecule has 0 saturated heterocycles. The Balaban J connectivity index is 2.76. The average Bonchev–Trinajstić information content (AvgIpc) is 2.17. The number of nitrogens with one attached hydrogen (secondary N) is 1. The maximum Gasteiger partial charge on any atom is 0.308 e. The van der Waals surface area contributed by atoms with Crippen LogP contribution in [0.4, 0.5) is 6.01 Å². The Morgan fingerprint density at radius 1 is 1.89 bits per heavy atom. The van der Waals surface area contributed by atoms with E-state index in [1.165, 1.54) is 0 Å². The summed E-state index contributed by atoms with van der Waals surface area (Å²) < 4.78 is 4.88. The second-order valence-electron chi connectivity index (χ2n) is 1.51. The van der Waals surface area contributed by atoms with Crippen LogP contribution >= 0.6 is 0 Å². The number of nitrogens with zero attached hydrogens (tertiary/aromatic N) is 2. The second-order valence-corrected chi connectivity index (χ2v) is 1.51. The van der Waals surface area contributed by atoms with Crippen molar-refractivity contribution < 1.29 is 4.42 Å². The van der Waals surface area contributed by atoms with E-state index in [2.05, 4.69) is 10.3 Å². The average molecular weight is 123 g/mol. The number of anilines is 1. The van der Waals surface area contributed by atoms with Crippen molar-refractivity contribution in [1.82, 2.24) is 4.98 Å². The van der Waals surface area contributed by atoms with Crippen LogP contribution in [0.2, 0.25) is 0 Å². The van der Waals surface area contributed by atoms with E-state index in [0.717, 1.165) is 0 Å². The highest BCUT2D eigenvalue weighted by Gasteiger charge is 1.94. The van der Waals surface area contributed by atoms with Crippen LogP contribution in [-0.2, 0) is 0 Å². The Morgan fingerprint density at radius 2 is 2.67 bits per heavy atom. The van der Waals surface area contributed by atoms with E-state index >= 15 is 0 Å². The van der Waals surface area contributed by atoms with Crippen molar-refractivity contribution in [2.75, 3.05) is 5.32 Å². The number of hydrogen-bond acceptors (Lipinski definition) is 4. The number of nitriles is 1. The van der Waals surface area contributed by atoms with E-state index < -0.39 is 0 Å². The molecule has 1 aromatic heterocycles. The monoisotopic (exact) mass is 123 g/mol. The van der Waals surface area contributed by atoms with Gasteiger partial charge < -0.3 is 4.42 Å². The first-order valence-corrected chi connectivity index (χ1v) is 2.40. The predicted molar refractivity (Wildman–Crippen MR) is 30.5 cm³/mol. The smallest absolute Gasteiger partial charge is 0.308 e. The number of rotatable bonds is 1. The molecule has 0 aromatic carbocycles. The highest BCUT2D eigenvalue weighted by Crippen LogP contribution is 2.04. The van der Waals surface area contributed by atoms with Crippen molar-refractivity contribution in [2.45, 2.75) is 6.92 Å². The predicted octanol–water partition coefficient (Wildman–Crippen LogP) is 0.876. The molecule has 46 valence electrons. The summed E-state index contributed by atoms with van der Waals surface area (Å²) >= 11 is 0. The van der Waals surface area contributed by atoms with E-state index in [-0.39, 0.29) is 6.01 Å². The van der Waals surface area contributed by atoms with Crippen LogP contribution in [0.1, 0.15) is 5.76 Å². The van der Waals surface area contributed by atoms with Crippen molar-refractivity contribution in [3.05, 3.63) is 12.0 Å². The summed E-state index contributed by atoms with van der Waals surface area (Å²) in [5.41, 5.74) is 0. The normalized spacial score (nSPS) is 8.44. The van der Waals surface area contributed by atoms with Gasteiger partial charge in [-0.25, -0.2) is 10.3 Å². The topological polar surface area (TPSA) is 61.9 Å². The van der Waals surface area contributed by atoms with Gasteiger partial charge in [-0.05, 0) is 6.92 Å². The maximum atomic E-state index is 8.07. The molecule has 0 aliphatic heterocycles. The van der Waals surface area contributed by atoms with Gasteiger partial charge in [0.2, 0.25) is 0 Å². The van der Waals surface area contributed by atoms with Crippen molar-refractivity contribution in [2.24, 2.45) is 0 Å². The first-order valence-electron chi connectivity index (χ1n) is 2.40. The van der Waals surface area contributed by atoms with Gasteiger partial charge >= 0.3 is 6.01 Å². The lowest BCUT2D eigenvalue weighted by molar-refractivity contribution is 0.546. The second kappa shape index (κ2) is 2.18. The van der Waals surface area contributed by atoms with E-state index in [9.17, 15) is 0 Å². The lowest BCUT2D eigenvalue weighted by Crippen LogP contribution is -1.84. The highest BCUT2D eigenvalue weighted by molar-refractivity contribution is 5.25. The lowest BCUT2D eigenvalue weighted by Gasteiger charge is -1.82. The molecule has 0 saturated carbocycles. The highest BCUT2D eigenvalue weighted by atomic mass is 16.4. The van der Waals surface area contributed by atoms with Gasteiger partial charge in [-0.3, -0.25) is 0 Å². The van der Waals surface area contributed by atoms with E-state index in [1.54, 1.807) is 19.3 Å². The SMILES string of the molecule is Cc1cnc(NC#N)o1. The quantitative estimate of drug-likeness (QED) is 0.444. The fourth-order valence-electron chi connectivity index (χ4n) is 0.460. The zero-order chi connectivity index (χ0) is 6.69. The zero-order valence-corrected chi connectivity index (χ0v) is 4.88. The zero-order valence-electron chi connectivity index (χ0n) is 4.88. The van der Waals surface area contributed by atoms with Crippen LogP contribution in [-0.4, -0.2) is 4.98 Å². The minimum absolute atomic E-state index is 0.245. The molecule has 0 amide bonds. The van der Waals surface area contributed by atoms with Crippen LogP contribution in [0.15, 0.2) is 10.6 Å². The third-order valence-corrected chi connectivity index (χ3v) is 0.784. The minimum Gasteiger partial charge on any atom is -0.428 e. The summed E-state index contributed by atoms with van der Waals surface area (Å²) in [6.45, 7) is 1.76. The summed E-state index contributed by atoms with van der Waals surface area (Å²) in [5.74, 6) is 0.688. The van der Waals surface area contributed by atoms with E-state index in [4.69, 9.17) is 9.68 Å². The molecule has 4 nitrogen and oxygen atoms in total. The van der Waals surface area contributed by atoms with Crippen LogP contribution in [0.5, 0.6) is 0 Å². The summed E-state index contributed by atoms with van der Waals surface area (Å²) in [6, 6.07) is 0.245. The molecule has 0 spiro atoms. The van der Waals surface area contributed by atoms with Gasteiger partial charge in [-0.2, -0.15) is 5.26 Å². The molecule has 1 aromatic rings. The van der Waals surface area contributed by atoms with Gasteiger partial charge in [0, 0.05) is 0 Å². The Kier molecular flexibility index (Phi) is 1.36. The number of aryl methyl sites for hydroxylation is 1. The van der Waals surface area contributed by atoms with Crippen LogP contribution in [0.3, 0.4) is 0 Å². The van der Waals surface area contributed by atoms with Crippen molar-refractivity contribution in [3.8, 4) is 6.19 Å². The number of aromatic nitrogens is 1. The first kappa shape index (κ1) is 5.63. The molecule has 0 aliphatic carbocycles. The molecule has 0 atom stereocenters. The molecular formula is C5H5N3O. The molecule has 1 rings (SSSR count). The minimum atomic E-state index is 0.245. The summed E-state index contributed by atoms with van der Waals surface area (Å²) in [4.78, 5) is 3.71. The van der Waals surface area contributed by atoms with E-state index in [1.807, 2.05) is 0 Å². The Morgan fingerprint density at radius 3 is 3.11 bits per heavy atom. The van der Waals surface area contributed by atoms with Crippen LogP contribution < -0.4 is 5.32 Å².